The Kier molecular flexibility index (Phi) is 2.78. The van der Waals surface area contributed by atoms with Gasteiger partial charge in [0.1, 0.15) is 12.0 Å². The average molecular weight is 219 g/mol. The fraction of sp³-hybridized carbons (Fsp3) is 0.182. The van der Waals surface area contributed by atoms with E-state index in [-0.39, 0.29) is 0 Å². The molecule has 0 saturated carbocycles. The highest BCUT2D eigenvalue weighted by molar-refractivity contribution is 5.65. The summed E-state index contributed by atoms with van der Waals surface area (Å²) in [6.07, 6.45) is 1.54. The van der Waals surface area contributed by atoms with Gasteiger partial charge in [-0.05, 0) is 18.2 Å². The summed E-state index contributed by atoms with van der Waals surface area (Å²) < 4.78 is 10.3. The maximum Gasteiger partial charge on any atom is 0.226 e. The lowest BCUT2D eigenvalue weighted by atomic mass is 10.2. The van der Waals surface area contributed by atoms with Gasteiger partial charge in [-0.2, -0.15) is 0 Å². The quantitative estimate of drug-likeness (QED) is 0.762. The standard InChI is InChI=1S/C11H13N3O2/c1-15-10-3-2-7(4-9(10)13)11-14-8(5-12)6-16-11/h2-4,6H,5,12-13H2,1H3. The molecule has 0 spiro atoms. The molecule has 0 bridgehead atoms. The first-order chi connectivity index (χ1) is 7.74. The molecule has 0 aliphatic carbocycles. The molecule has 0 amide bonds. The zero-order chi connectivity index (χ0) is 11.5. The van der Waals surface area contributed by atoms with Crippen LogP contribution in [0.1, 0.15) is 5.69 Å². The van der Waals surface area contributed by atoms with Crippen LogP contribution in [0.25, 0.3) is 11.5 Å². The largest absolute Gasteiger partial charge is 0.495 e. The van der Waals surface area contributed by atoms with Gasteiger partial charge in [0.25, 0.3) is 0 Å². The highest BCUT2D eigenvalue weighted by Gasteiger charge is 2.08. The number of methoxy groups -OCH3 is 1. The molecule has 1 heterocycles. The van der Waals surface area contributed by atoms with E-state index in [2.05, 4.69) is 4.98 Å². The number of nitrogen functional groups attached to an aromatic ring is 1. The molecule has 5 nitrogen and oxygen atoms in total. The number of anilines is 1. The number of nitrogens with two attached hydrogens (primary N) is 2. The lowest BCUT2D eigenvalue weighted by Crippen LogP contribution is -1.96. The Hall–Kier alpha value is -2.01. The minimum Gasteiger partial charge on any atom is -0.495 e. The number of nitrogens with zero attached hydrogens (tertiary/aromatic N) is 1. The predicted octanol–water partition coefficient (Wildman–Crippen LogP) is 1.39. The molecule has 1 aromatic heterocycles. The molecular weight excluding hydrogens is 206 g/mol. The first kappa shape index (κ1) is 10.5. The van der Waals surface area contributed by atoms with E-state index in [1.165, 1.54) is 6.26 Å². The number of oxazole rings is 1. The minimum atomic E-state index is 0.356. The van der Waals surface area contributed by atoms with Crippen LogP contribution in [0, 0.1) is 0 Å². The molecule has 2 rings (SSSR count). The van der Waals surface area contributed by atoms with Crippen LogP contribution in [0.5, 0.6) is 5.75 Å². The van der Waals surface area contributed by atoms with Gasteiger partial charge in [0, 0.05) is 12.1 Å². The third-order valence-corrected chi connectivity index (χ3v) is 2.24. The maximum absolute atomic E-state index is 5.79. The summed E-state index contributed by atoms with van der Waals surface area (Å²) in [7, 11) is 1.57. The van der Waals surface area contributed by atoms with Crippen LogP contribution in [0.3, 0.4) is 0 Å². The Balaban J connectivity index is 2.37. The molecule has 5 heteroatoms. The summed E-state index contributed by atoms with van der Waals surface area (Å²) >= 11 is 0. The lowest BCUT2D eigenvalue weighted by Gasteiger charge is -2.04. The van der Waals surface area contributed by atoms with Crippen molar-refractivity contribution in [3.05, 3.63) is 30.2 Å². The number of hydrogen-bond acceptors (Lipinski definition) is 5. The van der Waals surface area contributed by atoms with Gasteiger partial charge in [0.2, 0.25) is 5.89 Å². The molecule has 16 heavy (non-hydrogen) atoms. The van der Waals surface area contributed by atoms with Gasteiger partial charge < -0.3 is 20.6 Å². The average Bonchev–Trinajstić information content (AvgIpc) is 2.77. The van der Waals surface area contributed by atoms with Crippen LogP contribution in [-0.2, 0) is 6.54 Å². The van der Waals surface area contributed by atoms with E-state index in [1.807, 2.05) is 6.07 Å². The zero-order valence-electron chi connectivity index (χ0n) is 8.93. The van der Waals surface area contributed by atoms with Crippen molar-refractivity contribution in [3.63, 3.8) is 0 Å². The van der Waals surface area contributed by atoms with Crippen LogP contribution in [0.4, 0.5) is 5.69 Å². The van der Waals surface area contributed by atoms with E-state index in [9.17, 15) is 0 Å². The Labute approximate surface area is 93.0 Å². The fourth-order valence-electron chi connectivity index (χ4n) is 1.40. The summed E-state index contributed by atoms with van der Waals surface area (Å²) in [6.45, 7) is 0.356. The minimum absolute atomic E-state index is 0.356. The van der Waals surface area contributed by atoms with Crippen molar-refractivity contribution in [1.29, 1.82) is 0 Å². The van der Waals surface area contributed by atoms with Gasteiger partial charge in [-0.3, -0.25) is 0 Å². The van der Waals surface area contributed by atoms with Gasteiger partial charge in [0.15, 0.2) is 0 Å². The van der Waals surface area contributed by atoms with Crippen LogP contribution in [-0.4, -0.2) is 12.1 Å². The molecular formula is C11H13N3O2. The summed E-state index contributed by atoms with van der Waals surface area (Å²) in [6, 6.07) is 5.36. The number of rotatable bonds is 3. The number of aromatic nitrogens is 1. The Bertz CT molecular complexity index is 494. The molecule has 4 N–H and O–H groups in total. The summed E-state index contributed by atoms with van der Waals surface area (Å²) in [5, 5.41) is 0. The Morgan fingerprint density at radius 1 is 1.44 bits per heavy atom. The van der Waals surface area contributed by atoms with Crippen LogP contribution in [0.2, 0.25) is 0 Å². The second kappa shape index (κ2) is 4.24. The number of benzene rings is 1. The normalized spacial score (nSPS) is 10.4. The van der Waals surface area contributed by atoms with E-state index in [1.54, 1.807) is 19.2 Å². The van der Waals surface area contributed by atoms with Crippen molar-refractivity contribution in [1.82, 2.24) is 4.98 Å². The maximum atomic E-state index is 5.79. The van der Waals surface area contributed by atoms with Crippen LogP contribution < -0.4 is 16.2 Å². The molecule has 0 atom stereocenters. The van der Waals surface area contributed by atoms with E-state index in [4.69, 9.17) is 20.6 Å². The number of hydrogen-bond donors (Lipinski definition) is 2. The summed E-state index contributed by atoms with van der Waals surface area (Å²) in [4.78, 5) is 4.21. The van der Waals surface area contributed by atoms with Crippen molar-refractivity contribution >= 4 is 5.69 Å². The molecule has 0 saturated heterocycles. The Morgan fingerprint density at radius 2 is 2.25 bits per heavy atom. The van der Waals surface area contributed by atoms with Crippen molar-refractivity contribution in [3.8, 4) is 17.2 Å². The molecule has 0 aliphatic heterocycles. The molecule has 0 fully saturated rings. The zero-order valence-corrected chi connectivity index (χ0v) is 8.93. The first-order valence-electron chi connectivity index (χ1n) is 4.83. The molecule has 84 valence electrons. The monoisotopic (exact) mass is 219 g/mol. The lowest BCUT2D eigenvalue weighted by molar-refractivity contribution is 0.417. The van der Waals surface area contributed by atoms with Crippen LogP contribution >= 0.6 is 0 Å². The van der Waals surface area contributed by atoms with Gasteiger partial charge in [-0.15, -0.1) is 0 Å². The molecule has 0 unspecified atom stereocenters. The van der Waals surface area contributed by atoms with Gasteiger partial charge >= 0.3 is 0 Å². The second-order valence-corrected chi connectivity index (χ2v) is 3.30. The van der Waals surface area contributed by atoms with Gasteiger partial charge in [0.05, 0.1) is 18.5 Å². The van der Waals surface area contributed by atoms with E-state index >= 15 is 0 Å². The molecule has 2 aromatic rings. The summed E-state index contributed by atoms with van der Waals surface area (Å²) in [5.74, 6) is 1.14. The highest BCUT2D eigenvalue weighted by atomic mass is 16.5. The topological polar surface area (TPSA) is 87.3 Å². The van der Waals surface area contributed by atoms with Crippen LogP contribution in [0.15, 0.2) is 28.9 Å². The van der Waals surface area contributed by atoms with E-state index < -0.39 is 0 Å². The second-order valence-electron chi connectivity index (χ2n) is 3.30. The number of ether oxygens (including phenoxy) is 1. The van der Waals surface area contributed by atoms with Crippen molar-refractivity contribution in [2.75, 3.05) is 12.8 Å². The van der Waals surface area contributed by atoms with Crippen molar-refractivity contribution in [2.24, 2.45) is 5.73 Å². The SMILES string of the molecule is COc1ccc(-c2nc(CN)co2)cc1N. The Morgan fingerprint density at radius 3 is 2.81 bits per heavy atom. The van der Waals surface area contributed by atoms with Gasteiger partial charge in [-0.1, -0.05) is 0 Å². The van der Waals surface area contributed by atoms with Crippen molar-refractivity contribution in [2.45, 2.75) is 6.54 Å². The summed E-state index contributed by atoms with van der Waals surface area (Å²) in [5.41, 5.74) is 13.3. The first-order valence-corrected chi connectivity index (χ1v) is 4.83. The van der Waals surface area contributed by atoms with E-state index in [0.717, 1.165) is 5.56 Å². The highest BCUT2D eigenvalue weighted by Crippen LogP contribution is 2.27. The molecule has 1 aromatic carbocycles. The molecule has 0 radical (unpaired) electrons. The third-order valence-electron chi connectivity index (χ3n) is 2.24. The smallest absolute Gasteiger partial charge is 0.226 e. The molecule has 0 aliphatic rings. The van der Waals surface area contributed by atoms with Crippen molar-refractivity contribution < 1.29 is 9.15 Å². The fourth-order valence-corrected chi connectivity index (χ4v) is 1.40. The van der Waals surface area contributed by atoms with Gasteiger partial charge in [-0.25, -0.2) is 4.98 Å². The predicted molar refractivity (Wildman–Crippen MR) is 60.8 cm³/mol. The third kappa shape index (κ3) is 1.85. The van der Waals surface area contributed by atoms with E-state index in [0.29, 0.717) is 29.6 Å².